The van der Waals surface area contributed by atoms with Crippen molar-refractivity contribution in [2.45, 2.75) is 6.42 Å². The van der Waals surface area contributed by atoms with Crippen LogP contribution in [0, 0.1) is 5.92 Å². The minimum Gasteiger partial charge on any atom is -0.478 e. The van der Waals surface area contributed by atoms with Crippen LogP contribution in [0.3, 0.4) is 0 Å². The van der Waals surface area contributed by atoms with Crippen molar-refractivity contribution in [1.29, 1.82) is 0 Å². The highest BCUT2D eigenvalue weighted by atomic mass is 16.4. The molecule has 2 aromatic carbocycles. The number of fused-ring (bicyclic) bond motifs is 2. The largest absolute Gasteiger partial charge is 0.478 e. The Balaban J connectivity index is 0.000000140. The third-order valence-corrected chi connectivity index (χ3v) is 4.00. The Morgan fingerprint density at radius 3 is 1.83 bits per heavy atom. The first-order valence-electron chi connectivity index (χ1n) is 7.18. The molecule has 2 aliphatic heterocycles. The zero-order chi connectivity index (χ0) is 16.4. The molecule has 2 aromatic rings. The molecule has 0 spiro atoms. The number of carboxylic acids is 2. The van der Waals surface area contributed by atoms with Gasteiger partial charge in [-0.15, -0.1) is 0 Å². The molecule has 0 aromatic heterocycles. The van der Waals surface area contributed by atoms with E-state index in [4.69, 9.17) is 10.2 Å². The molecule has 23 heavy (non-hydrogen) atoms. The second-order valence-corrected chi connectivity index (χ2v) is 5.35. The van der Waals surface area contributed by atoms with E-state index in [0.717, 1.165) is 0 Å². The fourth-order valence-electron chi connectivity index (χ4n) is 2.78. The van der Waals surface area contributed by atoms with Crippen LogP contribution in [0.1, 0.15) is 6.42 Å². The number of carbonyl (C=O) groups is 2. The van der Waals surface area contributed by atoms with Gasteiger partial charge in [0.15, 0.2) is 0 Å². The minimum absolute atomic E-state index is 0.132. The average molecular weight is 309 g/mol. The van der Waals surface area contributed by atoms with Gasteiger partial charge in [-0.1, -0.05) is 48.5 Å². The van der Waals surface area contributed by atoms with Gasteiger partial charge in [-0.05, 0) is 17.2 Å². The van der Waals surface area contributed by atoms with Gasteiger partial charge in [-0.25, -0.2) is 9.59 Å². The van der Waals surface area contributed by atoms with E-state index in [1.807, 2.05) is 0 Å². The zero-order valence-electron chi connectivity index (χ0n) is 12.2. The number of dihydropyridines is 1. The van der Waals surface area contributed by atoms with Gasteiger partial charge in [0.2, 0.25) is 0 Å². The van der Waals surface area contributed by atoms with Crippen molar-refractivity contribution < 1.29 is 19.8 Å². The van der Waals surface area contributed by atoms with Gasteiger partial charge in [0, 0.05) is 17.8 Å². The van der Waals surface area contributed by atoms with E-state index in [1.165, 1.54) is 17.0 Å². The molecule has 116 valence electrons. The maximum atomic E-state index is 10.6. The Morgan fingerprint density at radius 2 is 1.43 bits per heavy atom. The maximum Gasteiger partial charge on any atom is 0.333 e. The summed E-state index contributed by atoms with van der Waals surface area (Å²) >= 11 is 0. The Labute approximate surface area is 132 Å². The maximum absolute atomic E-state index is 10.6. The first-order valence-corrected chi connectivity index (χ1v) is 7.18. The molecule has 3 N–H and O–H groups in total. The van der Waals surface area contributed by atoms with E-state index in [2.05, 4.69) is 53.8 Å². The number of allylic oxidation sites excluding steroid dienone is 1. The molecule has 2 heterocycles. The van der Waals surface area contributed by atoms with Crippen LogP contribution >= 0.6 is 0 Å². The van der Waals surface area contributed by atoms with Crippen LogP contribution in [0.5, 0.6) is 0 Å². The molecule has 5 nitrogen and oxygen atoms in total. The summed E-state index contributed by atoms with van der Waals surface area (Å²) in [6.07, 6.45) is 1.86. The molecule has 0 radical (unpaired) electrons. The number of carboxylic acid groups (broad SMARTS) is 2. The summed E-state index contributed by atoms with van der Waals surface area (Å²) in [7, 11) is 0. The summed E-state index contributed by atoms with van der Waals surface area (Å²) < 4.78 is 0. The van der Waals surface area contributed by atoms with Crippen LogP contribution in [0.15, 0.2) is 71.6 Å². The van der Waals surface area contributed by atoms with Gasteiger partial charge in [0.25, 0.3) is 0 Å². The van der Waals surface area contributed by atoms with Crippen molar-refractivity contribution in [2.75, 3.05) is 0 Å². The number of benzene rings is 2. The van der Waals surface area contributed by atoms with Gasteiger partial charge >= 0.3 is 11.9 Å². The highest BCUT2D eigenvalue weighted by Gasteiger charge is 2.41. The molecular weight excluding hydrogens is 294 g/mol. The average Bonchev–Trinajstić information content (AvgIpc) is 2.55. The van der Waals surface area contributed by atoms with Crippen molar-refractivity contribution in [3.8, 4) is 0 Å². The molecular formula is C18H15NO4. The van der Waals surface area contributed by atoms with Crippen LogP contribution in [0.2, 0.25) is 0 Å². The SMILES string of the molecule is O=C(O)C1=CNC2=C(C(=O)O)C1C2.c1ccc2ccccc2c1. The Bertz CT molecular complexity index is 785. The Hall–Kier alpha value is -3.08. The Kier molecular flexibility index (Phi) is 3.85. The van der Waals surface area contributed by atoms with Gasteiger partial charge in [0.05, 0.1) is 11.1 Å². The second-order valence-electron chi connectivity index (χ2n) is 5.35. The van der Waals surface area contributed by atoms with E-state index >= 15 is 0 Å². The summed E-state index contributed by atoms with van der Waals surface area (Å²) in [6, 6.07) is 16.7. The third-order valence-electron chi connectivity index (χ3n) is 4.00. The normalized spacial score (nSPS) is 18.1. The van der Waals surface area contributed by atoms with E-state index in [1.54, 1.807) is 0 Å². The Morgan fingerprint density at radius 1 is 0.913 bits per heavy atom. The van der Waals surface area contributed by atoms with Crippen molar-refractivity contribution in [3.63, 3.8) is 0 Å². The highest BCUT2D eigenvalue weighted by molar-refractivity contribution is 5.97. The van der Waals surface area contributed by atoms with Gasteiger partial charge in [-0.2, -0.15) is 0 Å². The summed E-state index contributed by atoms with van der Waals surface area (Å²) in [6.45, 7) is 0. The first-order chi connectivity index (χ1) is 11.1. The van der Waals surface area contributed by atoms with Crippen LogP contribution in [-0.4, -0.2) is 22.2 Å². The van der Waals surface area contributed by atoms with Crippen molar-refractivity contribution >= 4 is 22.7 Å². The lowest BCUT2D eigenvalue weighted by Gasteiger charge is -2.35. The predicted molar refractivity (Wildman–Crippen MR) is 85.6 cm³/mol. The monoisotopic (exact) mass is 309 g/mol. The summed E-state index contributed by atoms with van der Waals surface area (Å²) in [5, 5.41) is 22.7. The molecule has 0 amide bonds. The minimum atomic E-state index is -1.06. The fourth-order valence-corrected chi connectivity index (χ4v) is 2.78. The summed E-state index contributed by atoms with van der Waals surface area (Å²) in [5.41, 5.74) is 0.954. The van der Waals surface area contributed by atoms with Crippen LogP contribution in [0.4, 0.5) is 0 Å². The number of rotatable bonds is 2. The van der Waals surface area contributed by atoms with E-state index < -0.39 is 17.9 Å². The summed E-state index contributed by atoms with van der Waals surface area (Å²) in [4.78, 5) is 21.3. The lowest BCUT2D eigenvalue weighted by Crippen LogP contribution is -2.38. The molecule has 5 heteroatoms. The van der Waals surface area contributed by atoms with Crippen molar-refractivity contribution in [2.24, 2.45) is 5.92 Å². The third kappa shape index (κ3) is 2.81. The molecule has 0 saturated heterocycles. The molecule has 5 rings (SSSR count). The van der Waals surface area contributed by atoms with E-state index in [-0.39, 0.29) is 11.1 Å². The number of hydrogen-bond acceptors (Lipinski definition) is 3. The smallest absolute Gasteiger partial charge is 0.333 e. The molecule has 1 unspecified atom stereocenters. The zero-order valence-corrected chi connectivity index (χ0v) is 12.2. The van der Waals surface area contributed by atoms with Gasteiger partial charge in [0.1, 0.15) is 0 Å². The van der Waals surface area contributed by atoms with Crippen molar-refractivity contribution in [1.82, 2.24) is 5.32 Å². The number of aliphatic carboxylic acids is 2. The lowest BCUT2D eigenvalue weighted by atomic mass is 9.74. The number of hydrogen-bond donors (Lipinski definition) is 3. The second kappa shape index (κ2) is 5.96. The molecule has 1 atom stereocenters. The lowest BCUT2D eigenvalue weighted by molar-refractivity contribution is -0.134. The van der Waals surface area contributed by atoms with Gasteiger partial charge in [-0.3, -0.25) is 0 Å². The molecule has 1 aliphatic carbocycles. The van der Waals surface area contributed by atoms with E-state index in [9.17, 15) is 9.59 Å². The van der Waals surface area contributed by atoms with Crippen molar-refractivity contribution in [3.05, 3.63) is 71.6 Å². The quantitative estimate of drug-likeness (QED) is 0.794. The molecule has 2 bridgehead atoms. The van der Waals surface area contributed by atoms with Crippen LogP contribution in [-0.2, 0) is 9.59 Å². The van der Waals surface area contributed by atoms with Crippen LogP contribution < -0.4 is 5.32 Å². The predicted octanol–water partition coefficient (Wildman–Crippen LogP) is 2.76. The highest BCUT2D eigenvalue weighted by Crippen LogP contribution is 2.41. The first kappa shape index (κ1) is 14.8. The molecule has 3 aliphatic rings. The van der Waals surface area contributed by atoms with Crippen LogP contribution in [0.25, 0.3) is 10.8 Å². The van der Waals surface area contributed by atoms with Gasteiger partial charge < -0.3 is 15.5 Å². The number of nitrogens with one attached hydrogen (secondary N) is 1. The topological polar surface area (TPSA) is 86.6 Å². The summed E-state index contributed by atoms with van der Waals surface area (Å²) in [5.74, 6) is -2.52. The fraction of sp³-hybridized carbons (Fsp3) is 0.111. The van der Waals surface area contributed by atoms with E-state index in [0.29, 0.717) is 12.1 Å². The standard InChI is InChI=1S/C10H8.C8H7NO4/c1-2-6-10-8-4-3-7-9(10)5-1;10-7(11)4-2-9-5-1-3(4)6(5)8(12)13/h1-8H;2-3,9H,1H2,(H,10,11)(H,12,13). The molecule has 0 fully saturated rings. The molecule has 0 saturated carbocycles.